The first-order valence-electron chi connectivity index (χ1n) is 3.78. The third-order valence-corrected chi connectivity index (χ3v) is 1.81. The van der Waals surface area contributed by atoms with E-state index in [2.05, 4.69) is 9.97 Å². The summed E-state index contributed by atoms with van der Waals surface area (Å²) in [7, 11) is 1.54. The van der Waals surface area contributed by atoms with Crippen LogP contribution in [0.4, 0.5) is 0 Å². The summed E-state index contributed by atoms with van der Waals surface area (Å²) in [6.45, 7) is 0. The summed E-state index contributed by atoms with van der Waals surface area (Å²) in [6.07, 6.45) is 3.00. The van der Waals surface area contributed by atoms with Crippen LogP contribution in [0.1, 0.15) is 0 Å². The second kappa shape index (κ2) is 2.90. The number of phenols is 1. The van der Waals surface area contributed by atoms with Crippen molar-refractivity contribution in [2.24, 2.45) is 0 Å². The van der Waals surface area contributed by atoms with Gasteiger partial charge in [0.25, 0.3) is 0 Å². The molecule has 0 amide bonds. The highest BCUT2D eigenvalue weighted by atomic mass is 16.5. The quantitative estimate of drug-likeness (QED) is 0.712. The first kappa shape index (κ1) is 7.79. The van der Waals surface area contributed by atoms with E-state index in [0.717, 1.165) is 0 Å². The predicted octanol–water partition coefficient (Wildman–Crippen LogP) is 1.34. The van der Waals surface area contributed by atoms with Crippen molar-refractivity contribution in [1.29, 1.82) is 0 Å². The number of ether oxygens (including phenoxy) is 1. The molecule has 2 aromatic rings. The number of benzene rings is 1. The largest absolute Gasteiger partial charge is 0.507 e. The van der Waals surface area contributed by atoms with Crippen molar-refractivity contribution in [3.63, 3.8) is 0 Å². The molecule has 0 radical (unpaired) electrons. The summed E-state index contributed by atoms with van der Waals surface area (Å²) >= 11 is 0. The first-order valence-corrected chi connectivity index (χ1v) is 3.78. The van der Waals surface area contributed by atoms with E-state index >= 15 is 0 Å². The number of fused-ring (bicyclic) bond motifs is 1. The molecule has 1 N–H and O–H groups in total. The fraction of sp³-hybridized carbons (Fsp3) is 0.111. The number of rotatable bonds is 1. The summed E-state index contributed by atoms with van der Waals surface area (Å²) < 4.78 is 4.98. The highest BCUT2D eigenvalue weighted by Crippen LogP contribution is 2.27. The molecule has 1 aromatic carbocycles. The van der Waals surface area contributed by atoms with Gasteiger partial charge in [0.05, 0.1) is 18.0 Å². The van der Waals surface area contributed by atoms with E-state index in [0.29, 0.717) is 16.7 Å². The Labute approximate surface area is 74.8 Å². The summed E-state index contributed by atoms with van der Waals surface area (Å²) in [4.78, 5) is 7.82. The molecule has 0 atom stereocenters. The standard InChI is InChI=1S/C9H8N2O2/c1-13-6-2-8-7(9(12)3-6)4-10-5-11-8/h2-5,12H,1H3. The second-order valence-corrected chi connectivity index (χ2v) is 2.60. The Morgan fingerprint density at radius 1 is 1.38 bits per heavy atom. The van der Waals surface area contributed by atoms with Crippen molar-refractivity contribution in [2.75, 3.05) is 7.11 Å². The third kappa shape index (κ3) is 1.26. The van der Waals surface area contributed by atoms with Gasteiger partial charge in [-0.15, -0.1) is 0 Å². The van der Waals surface area contributed by atoms with Crippen LogP contribution < -0.4 is 4.74 Å². The maximum Gasteiger partial charge on any atom is 0.130 e. The van der Waals surface area contributed by atoms with Crippen LogP contribution in [0, 0.1) is 0 Å². The summed E-state index contributed by atoms with van der Waals surface area (Å²) in [5.74, 6) is 0.721. The van der Waals surface area contributed by atoms with Crippen LogP contribution in [0.25, 0.3) is 10.9 Å². The molecule has 1 aromatic heterocycles. The third-order valence-electron chi connectivity index (χ3n) is 1.81. The molecule has 0 aliphatic rings. The number of aromatic hydroxyl groups is 1. The molecular weight excluding hydrogens is 168 g/mol. The second-order valence-electron chi connectivity index (χ2n) is 2.60. The molecule has 0 aliphatic heterocycles. The Kier molecular flexibility index (Phi) is 1.73. The van der Waals surface area contributed by atoms with Crippen LogP contribution in [0.15, 0.2) is 24.7 Å². The van der Waals surface area contributed by atoms with E-state index in [1.165, 1.54) is 12.4 Å². The molecule has 4 nitrogen and oxygen atoms in total. The maximum absolute atomic E-state index is 9.52. The van der Waals surface area contributed by atoms with Crippen molar-refractivity contribution in [2.45, 2.75) is 0 Å². The van der Waals surface area contributed by atoms with Gasteiger partial charge in [-0.05, 0) is 0 Å². The Morgan fingerprint density at radius 2 is 2.23 bits per heavy atom. The molecule has 13 heavy (non-hydrogen) atoms. The van der Waals surface area contributed by atoms with Gasteiger partial charge in [-0.2, -0.15) is 0 Å². The van der Waals surface area contributed by atoms with E-state index in [-0.39, 0.29) is 5.75 Å². The van der Waals surface area contributed by atoms with Gasteiger partial charge in [-0.1, -0.05) is 0 Å². The molecule has 2 rings (SSSR count). The lowest BCUT2D eigenvalue weighted by atomic mass is 10.2. The normalized spacial score (nSPS) is 10.2. The fourth-order valence-electron chi connectivity index (χ4n) is 1.16. The van der Waals surface area contributed by atoms with Crippen molar-refractivity contribution in [3.05, 3.63) is 24.7 Å². The van der Waals surface area contributed by atoms with Crippen LogP contribution in [0.5, 0.6) is 11.5 Å². The van der Waals surface area contributed by atoms with E-state index in [1.54, 1.807) is 19.4 Å². The van der Waals surface area contributed by atoms with E-state index < -0.39 is 0 Å². The molecule has 1 heterocycles. The number of phenolic OH excluding ortho intramolecular Hbond substituents is 1. The molecule has 0 saturated heterocycles. The van der Waals surface area contributed by atoms with Crippen LogP contribution in [-0.4, -0.2) is 22.2 Å². The van der Waals surface area contributed by atoms with Gasteiger partial charge >= 0.3 is 0 Å². The Balaban J connectivity index is 2.77. The molecule has 4 heteroatoms. The maximum atomic E-state index is 9.52. The van der Waals surface area contributed by atoms with Gasteiger partial charge in [-0.25, -0.2) is 9.97 Å². The topological polar surface area (TPSA) is 55.2 Å². The Hall–Kier alpha value is -1.84. The highest BCUT2D eigenvalue weighted by molar-refractivity contribution is 5.85. The molecule has 0 bridgehead atoms. The molecule has 0 spiro atoms. The van der Waals surface area contributed by atoms with Crippen molar-refractivity contribution in [3.8, 4) is 11.5 Å². The van der Waals surface area contributed by atoms with Gasteiger partial charge in [-0.3, -0.25) is 0 Å². The minimum absolute atomic E-state index is 0.134. The van der Waals surface area contributed by atoms with Crippen LogP contribution in [0.3, 0.4) is 0 Å². The lowest BCUT2D eigenvalue weighted by molar-refractivity contribution is 0.409. The summed E-state index contributed by atoms with van der Waals surface area (Å²) in [5, 5.41) is 10.2. The van der Waals surface area contributed by atoms with Crippen LogP contribution >= 0.6 is 0 Å². The summed E-state index contributed by atoms with van der Waals surface area (Å²) in [5.41, 5.74) is 0.673. The molecule has 0 saturated carbocycles. The zero-order chi connectivity index (χ0) is 9.26. The van der Waals surface area contributed by atoms with Crippen molar-refractivity contribution >= 4 is 10.9 Å². The van der Waals surface area contributed by atoms with E-state index in [4.69, 9.17) is 4.74 Å². The number of nitrogens with zero attached hydrogens (tertiary/aromatic N) is 2. The van der Waals surface area contributed by atoms with Gasteiger partial charge < -0.3 is 9.84 Å². The smallest absolute Gasteiger partial charge is 0.130 e. The van der Waals surface area contributed by atoms with Crippen LogP contribution in [-0.2, 0) is 0 Å². The number of methoxy groups -OCH3 is 1. The van der Waals surface area contributed by atoms with Crippen molar-refractivity contribution < 1.29 is 9.84 Å². The zero-order valence-corrected chi connectivity index (χ0v) is 7.06. The highest BCUT2D eigenvalue weighted by Gasteiger charge is 2.03. The molecular formula is C9H8N2O2. The van der Waals surface area contributed by atoms with Gasteiger partial charge in [0, 0.05) is 18.3 Å². The minimum Gasteiger partial charge on any atom is -0.507 e. The number of hydrogen-bond donors (Lipinski definition) is 1. The minimum atomic E-state index is 0.134. The number of aromatic nitrogens is 2. The zero-order valence-electron chi connectivity index (χ0n) is 7.06. The first-order chi connectivity index (χ1) is 6.31. The average Bonchev–Trinajstić information content (AvgIpc) is 2.18. The summed E-state index contributed by atoms with van der Waals surface area (Å²) in [6, 6.07) is 3.28. The van der Waals surface area contributed by atoms with Crippen molar-refractivity contribution in [1.82, 2.24) is 9.97 Å². The van der Waals surface area contributed by atoms with Gasteiger partial charge in [0.15, 0.2) is 0 Å². The molecule has 66 valence electrons. The predicted molar refractivity (Wildman–Crippen MR) is 47.8 cm³/mol. The van der Waals surface area contributed by atoms with Gasteiger partial charge in [0.2, 0.25) is 0 Å². The Bertz CT molecular complexity index is 443. The monoisotopic (exact) mass is 176 g/mol. The average molecular weight is 176 g/mol. The van der Waals surface area contributed by atoms with Crippen LogP contribution in [0.2, 0.25) is 0 Å². The molecule has 0 unspecified atom stereocenters. The number of hydrogen-bond acceptors (Lipinski definition) is 4. The molecule has 0 aliphatic carbocycles. The van der Waals surface area contributed by atoms with E-state index in [1.807, 2.05) is 0 Å². The lowest BCUT2D eigenvalue weighted by Gasteiger charge is -2.03. The molecule has 0 fully saturated rings. The lowest BCUT2D eigenvalue weighted by Crippen LogP contribution is -1.86. The van der Waals surface area contributed by atoms with E-state index in [9.17, 15) is 5.11 Å². The fourth-order valence-corrected chi connectivity index (χ4v) is 1.16. The van der Waals surface area contributed by atoms with Gasteiger partial charge in [0.1, 0.15) is 17.8 Å². The Morgan fingerprint density at radius 3 is 3.00 bits per heavy atom. The SMILES string of the molecule is COc1cc(O)c2cncnc2c1.